The number of aliphatic hydroxyl groups excluding tert-OH is 1. The third kappa shape index (κ3) is 5.11. The molecule has 0 aromatic carbocycles. The highest BCUT2D eigenvalue weighted by Gasteiger charge is 2.29. The van der Waals surface area contributed by atoms with Gasteiger partial charge in [0.1, 0.15) is 11.3 Å². The molecule has 0 unspecified atom stereocenters. The number of aromatic nitrogens is 1. The van der Waals surface area contributed by atoms with Crippen molar-refractivity contribution in [3.8, 4) is 0 Å². The fraction of sp³-hybridized carbons (Fsp3) is 0.630. The van der Waals surface area contributed by atoms with E-state index in [1.54, 1.807) is 13.8 Å². The Morgan fingerprint density at radius 3 is 2.52 bits per heavy atom. The Hall–Kier alpha value is -2.34. The molecule has 33 heavy (non-hydrogen) atoms. The van der Waals surface area contributed by atoms with Crippen molar-refractivity contribution in [2.75, 3.05) is 26.2 Å². The Labute approximate surface area is 198 Å². The summed E-state index contributed by atoms with van der Waals surface area (Å²) in [6.07, 6.45) is 11.3. The maximum Gasteiger partial charge on any atom is 0.343 e. The number of carbonyl (C=O) groups excluding carboxylic acids is 1. The number of nitrogens with zero attached hydrogens (tertiary/aromatic N) is 3. The molecule has 180 valence electrons. The Morgan fingerprint density at radius 1 is 1.15 bits per heavy atom. The topological polar surface area (TPSA) is 67.1 Å². The van der Waals surface area contributed by atoms with Crippen molar-refractivity contribution in [1.82, 2.24) is 9.47 Å². The lowest BCUT2D eigenvalue weighted by Gasteiger charge is -2.36. The van der Waals surface area contributed by atoms with Gasteiger partial charge in [-0.15, -0.1) is 0 Å². The SMILES string of the molecule is CCOC(=O)C1=C(O)/C(=C\c2cc(C)n(C3CCN(CC4CCCCC4)CC3)c2C)N=C1C. The molecule has 0 amide bonds. The Bertz CT molecular complexity index is 971. The lowest BCUT2D eigenvalue weighted by molar-refractivity contribution is -0.138. The van der Waals surface area contributed by atoms with E-state index in [0.717, 1.165) is 11.5 Å². The van der Waals surface area contributed by atoms with Crippen LogP contribution in [-0.4, -0.2) is 52.5 Å². The number of piperidine rings is 1. The van der Waals surface area contributed by atoms with Crippen molar-refractivity contribution in [1.29, 1.82) is 0 Å². The van der Waals surface area contributed by atoms with Gasteiger partial charge in [-0.25, -0.2) is 9.79 Å². The maximum atomic E-state index is 12.2. The average molecular weight is 454 g/mol. The average Bonchev–Trinajstić information content (AvgIpc) is 3.23. The number of likely N-dealkylation sites (tertiary alicyclic amines) is 1. The number of aliphatic hydroxyl groups is 1. The van der Waals surface area contributed by atoms with Crippen LogP contribution in [0, 0.1) is 19.8 Å². The maximum absolute atomic E-state index is 12.2. The van der Waals surface area contributed by atoms with E-state index in [-0.39, 0.29) is 17.9 Å². The number of aliphatic imine (C=N–C) groups is 1. The highest BCUT2D eigenvalue weighted by atomic mass is 16.5. The first-order chi connectivity index (χ1) is 15.9. The van der Waals surface area contributed by atoms with Crippen LogP contribution in [0.1, 0.15) is 81.8 Å². The number of aryl methyl sites for hydroxylation is 1. The first-order valence-electron chi connectivity index (χ1n) is 12.7. The van der Waals surface area contributed by atoms with Crippen LogP contribution in [0.3, 0.4) is 0 Å². The summed E-state index contributed by atoms with van der Waals surface area (Å²) >= 11 is 0. The van der Waals surface area contributed by atoms with E-state index in [2.05, 4.69) is 34.4 Å². The van der Waals surface area contributed by atoms with Gasteiger partial charge in [-0.1, -0.05) is 19.3 Å². The van der Waals surface area contributed by atoms with Gasteiger partial charge in [-0.2, -0.15) is 0 Å². The molecule has 6 heteroatoms. The summed E-state index contributed by atoms with van der Waals surface area (Å²) < 4.78 is 7.54. The number of carbonyl (C=O) groups is 1. The highest BCUT2D eigenvalue weighted by molar-refractivity contribution is 6.22. The number of ether oxygens (including phenoxy) is 1. The summed E-state index contributed by atoms with van der Waals surface area (Å²) in [7, 11) is 0. The van der Waals surface area contributed by atoms with Gasteiger partial charge in [0.2, 0.25) is 0 Å². The fourth-order valence-electron chi connectivity index (χ4n) is 5.89. The minimum atomic E-state index is -0.523. The van der Waals surface area contributed by atoms with Crippen molar-refractivity contribution < 1.29 is 14.6 Å². The van der Waals surface area contributed by atoms with Crippen LogP contribution < -0.4 is 0 Å². The predicted molar refractivity (Wildman–Crippen MR) is 133 cm³/mol. The fourth-order valence-corrected chi connectivity index (χ4v) is 5.89. The summed E-state index contributed by atoms with van der Waals surface area (Å²) in [6.45, 7) is 11.7. The van der Waals surface area contributed by atoms with Gasteiger partial charge in [0.25, 0.3) is 0 Å². The van der Waals surface area contributed by atoms with Crippen molar-refractivity contribution >= 4 is 17.8 Å². The van der Waals surface area contributed by atoms with E-state index in [1.807, 2.05) is 6.08 Å². The van der Waals surface area contributed by atoms with E-state index in [4.69, 9.17) is 4.74 Å². The smallest absolute Gasteiger partial charge is 0.343 e. The minimum absolute atomic E-state index is 0.0910. The minimum Gasteiger partial charge on any atom is -0.505 e. The summed E-state index contributed by atoms with van der Waals surface area (Å²) in [5.41, 5.74) is 4.56. The number of hydrogen-bond acceptors (Lipinski definition) is 5. The first-order valence-corrected chi connectivity index (χ1v) is 12.7. The largest absolute Gasteiger partial charge is 0.505 e. The highest BCUT2D eigenvalue weighted by Crippen LogP contribution is 2.33. The molecule has 2 aliphatic heterocycles. The van der Waals surface area contributed by atoms with Gasteiger partial charge < -0.3 is 19.3 Å². The van der Waals surface area contributed by atoms with Crippen LogP contribution in [0.25, 0.3) is 6.08 Å². The van der Waals surface area contributed by atoms with Gasteiger partial charge in [0.15, 0.2) is 5.76 Å². The summed E-state index contributed by atoms with van der Waals surface area (Å²) in [6, 6.07) is 2.67. The standard InChI is InChI=1S/C27H39N3O3/c1-5-33-27(32)25-19(3)28-24(26(25)31)16-22-15-18(2)30(20(22)4)23-11-13-29(14-12-23)17-21-9-7-6-8-10-21/h15-16,21,23,31H,5-14,17H2,1-4H3/b24-16+. The Morgan fingerprint density at radius 2 is 1.85 bits per heavy atom. The van der Waals surface area contributed by atoms with E-state index in [1.165, 1.54) is 76.0 Å². The third-order valence-electron chi connectivity index (χ3n) is 7.59. The van der Waals surface area contributed by atoms with E-state index in [9.17, 15) is 9.90 Å². The van der Waals surface area contributed by atoms with Gasteiger partial charge in [0, 0.05) is 37.1 Å². The molecule has 1 saturated heterocycles. The quantitative estimate of drug-likeness (QED) is 0.577. The van der Waals surface area contributed by atoms with Crippen LogP contribution >= 0.6 is 0 Å². The Kier molecular flexibility index (Phi) is 7.42. The number of esters is 1. The number of hydrogen-bond donors (Lipinski definition) is 1. The second-order valence-corrected chi connectivity index (χ2v) is 9.90. The third-order valence-corrected chi connectivity index (χ3v) is 7.59. The molecule has 0 spiro atoms. The van der Waals surface area contributed by atoms with Gasteiger partial charge in [-0.05, 0) is 77.0 Å². The van der Waals surface area contributed by atoms with Crippen LogP contribution in [0.5, 0.6) is 0 Å². The predicted octanol–water partition coefficient (Wildman–Crippen LogP) is 5.51. The molecule has 1 N–H and O–H groups in total. The zero-order valence-corrected chi connectivity index (χ0v) is 20.7. The van der Waals surface area contributed by atoms with E-state index < -0.39 is 5.97 Å². The molecule has 1 saturated carbocycles. The van der Waals surface area contributed by atoms with Crippen molar-refractivity contribution in [2.45, 2.75) is 78.7 Å². The second-order valence-electron chi connectivity index (χ2n) is 9.90. The molecular formula is C27H39N3O3. The van der Waals surface area contributed by atoms with E-state index in [0.29, 0.717) is 17.5 Å². The molecule has 6 nitrogen and oxygen atoms in total. The molecule has 1 aromatic heterocycles. The van der Waals surface area contributed by atoms with Crippen LogP contribution in [0.4, 0.5) is 0 Å². The molecule has 4 rings (SSSR count). The summed E-state index contributed by atoms with van der Waals surface area (Å²) in [5.74, 6) is 0.288. The first kappa shape index (κ1) is 23.8. The van der Waals surface area contributed by atoms with Crippen molar-refractivity contribution in [3.63, 3.8) is 0 Å². The number of rotatable bonds is 6. The van der Waals surface area contributed by atoms with Gasteiger partial charge in [-0.3, -0.25) is 0 Å². The van der Waals surface area contributed by atoms with Crippen LogP contribution in [0.15, 0.2) is 28.1 Å². The van der Waals surface area contributed by atoms with Gasteiger partial charge in [0.05, 0.1) is 12.3 Å². The molecule has 2 fully saturated rings. The molecule has 3 heterocycles. The molecule has 0 atom stereocenters. The van der Waals surface area contributed by atoms with Crippen LogP contribution in [0.2, 0.25) is 0 Å². The molecule has 1 aliphatic carbocycles. The zero-order chi connectivity index (χ0) is 23.5. The van der Waals surface area contributed by atoms with Crippen LogP contribution in [-0.2, 0) is 9.53 Å². The zero-order valence-electron chi connectivity index (χ0n) is 20.7. The lowest BCUT2D eigenvalue weighted by atomic mass is 9.88. The summed E-state index contributed by atoms with van der Waals surface area (Å²) in [4.78, 5) is 19.3. The molecule has 1 aromatic rings. The van der Waals surface area contributed by atoms with Gasteiger partial charge >= 0.3 is 5.97 Å². The Balaban J connectivity index is 1.46. The molecule has 3 aliphatic rings. The van der Waals surface area contributed by atoms with E-state index >= 15 is 0 Å². The van der Waals surface area contributed by atoms with Crippen molar-refractivity contribution in [2.24, 2.45) is 10.9 Å². The lowest BCUT2D eigenvalue weighted by Crippen LogP contribution is -2.38. The molecule has 0 bridgehead atoms. The normalized spacial score (nSPS) is 22.3. The molecular weight excluding hydrogens is 414 g/mol. The summed E-state index contributed by atoms with van der Waals surface area (Å²) in [5, 5.41) is 10.6. The second kappa shape index (κ2) is 10.3. The monoisotopic (exact) mass is 453 g/mol. The molecule has 0 radical (unpaired) electrons. The van der Waals surface area contributed by atoms with Crippen molar-refractivity contribution in [3.05, 3.63) is 40.0 Å².